The van der Waals surface area contributed by atoms with Crippen LogP contribution in [0.5, 0.6) is 5.75 Å². The number of aromatic nitrogens is 3. The van der Waals surface area contributed by atoms with E-state index in [0.29, 0.717) is 11.2 Å². The van der Waals surface area contributed by atoms with Crippen LogP contribution in [0.3, 0.4) is 0 Å². The third-order valence-electron chi connectivity index (χ3n) is 2.50. The summed E-state index contributed by atoms with van der Waals surface area (Å²) in [4.78, 5) is 1.40. The van der Waals surface area contributed by atoms with Gasteiger partial charge in [-0.1, -0.05) is 37.5 Å². The van der Waals surface area contributed by atoms with Gasteiger partial charge in [0.25, 0.3) is 0 Å². The van der Waals surface area contributed by atoms with E-state index in [1.165, 1.54) is 10.9 Å². The number of phenolic OH excluding ortho intramolecular Hbond substituents is 1. The van der Waals surface area contributed by atoms with E-state index in [2.05, 4.69) is 10.2 Å². The van der Waals surface area contributed by atoms with Crippen LogP contribution in [0.1, 0.15) is 13.8 Å². The van der Waals surface area contributed by atoms with E-state index in [1.54, 1.807) is 12.1 Å². The van der Waals surface area contributed by atoms with Crippen LogP contribution >= 0.6 is 0 Å². The molecule has 1 aromatic heterocycles. The second-order valence-electron chi connectivity index (χ2n) is 3.73. The van der Waals surface area contributed by atoms with Gasteiger partial charge in [-0.25, -0.2) is 0 Å². The molecule has 0 aliphatic rings. The molecule has 0 unspecified atom stereocenters. The highest BCUT2D eigenvalue weighted by Crippen LogP contribution is 2.19. The van der Waals surface area contributed by atoms with Crippen molar-refractivity contribution in [3.63, 3.8) is 0 Å². The Labute approximate surface area is 113 Å². The number of fused-ring (bicyclic) bond motifs is 1. The molecule has 3 rings (SSSR count). The lowest BCUT2D eigenvalue weighted by atomic mass is 9.96. The molecule has 0 aliphatic carbocycles. The van der Waals surface area contributed by atoms with Gasteiger partial charge in [-0.05, 0) is 24.3 Å². The van der Waals surface area contributed by atoms with Gasteiger partial charge in [0, 0.05) is 0 Å². The molecule has 2 radical (unpaired) electrons. The maximum absolute atomic E-state index is 9.79. The lowest BCUT2D eigenvalue weighted by Crippen LogP contribution is -2.05. The van der Waals surface area contributed by atoms with Crippen LogP contribution in [0.4, 0.5) is 0 Å². The molecule has 0 bridgehead atoms. The predicted octanol–water partition coefficient (Wildman–Crippen LogP) is 1.95. The lowest BCUT2D eigenvalue weighted by Gasteiger charge is -2.03. The molecule has 0 spiro atoms. The number of phenols is 1. The molecule has 0 aliphatic heterocycles. The Morgan fingerprint density at radius 3 is 2.11 bits per heavy atom. The smallest absolute Gasteiger partial charge is 0.142 e. The van der Waals surface area contributed by atoms with Gasteiger partial charge in [-0.3, -0.25) is 0 Å². The van der Waals surface area contributed by atoms with Gasteiger partial charge in [0.1, 0.15) is 30.3 Å². The summed E-state index contributed by atoms with van der Waals surface area (Å²) in [5, 5.41) is 18.3. The Bertz CT molecular complexity index is 661. The van der Waals surface area contributed by atoms with E-state index >= 15 is 0 Å². The van der Waals surface area contributed by atoms with Crippen molar-refractivity contribution >= 4 is 24.3 Å². The highest BCUT2D eigenvalue weighted by molar-refractivity contribution is 6.32. The summed E-state index contributed by atoms with van der Waals surface area (Å²) in [7, 11) is 5.57. The number of hydrogen-bond acceptors (Lipinski definition) is 3. The maximum atomic E-state index is 9.79. The SMILES string of the molecule is CC.[B]c1ccc(-n2nc3ccccc3n2)c(O)c1. The second-order valence-corrected chi connectivity index (χ2v) is 3.73. The Balaban J connectivity index is 0.000000637. The molecule has 0 atom stereocenters. The van der Waals surface area contributed by atoms with Gasteiger partial charge in [0.15, 0.2) is 0 Å². The van der Waals surface area contributed by atoms with E-state index in [1.807, 2.05) is 38.1 Å². The highest BCUT2D eigenvalue weighted by atomic mass is 16.3. The minimum Gasteiger partial charge on any atom is -0.506 e. The maximum Gasteiger partial charge on any atom is 0.142 e. The zero-order valence-electron chi connectivity index (χ0n) is 10.9. The topological polar surface area (TPSA) is 50.9 Å². The second kappa shape index (κ2) is 5.56. The fourth-order valence-electron chi connectivity index (χ4n) is 1.68. The van der Waals surface area contributed by atoms with E-state index in [9.17, 15) is 5.11 Å². The summed E-state index contributed by atoms with van der Waals surface area (Å²) in [5.41, 5.74) is 2.57. The molecular weight excluding hydrogens is 237 g/mol. The molecule has 0 saturated carbocycles. The van der Waals surface area contributed by atoms with Crippen molar-refractivity contribution in [2.45, 2.75) is 13.8 Å². The first-order valence-electron chi connectivity index (χ1n) is 6.15. The van der Waals surface area contributed by atoms with Crippen LogP contribution in [0.15, 0.2) is 42.5 Å². The van der Waals surface area contributed by atoms with E-state index in [-0.39, 0.29) is 5.75 Å². The summed E-state index contributed by atoms with van der Waals surface area (Å²) < 4.78 is 0. The molecule has 0 amide bonds. The zero-order chi connectivity index (χ0) is 13.8. The van der Waals surface area contributed by atoms with Gasteiger partial charge >= 0.3 is 0 Å². The third-order valence-corrected chi connectivity index (χ3v) is 2.50. The van der Waals surface area contributed by atoms with Crippen molar-refractivity contribution in [1.29, 1.82) is 0 Å². The summed E-state index contributed by atoms with van der Waals surface area (Å²) >= 11 is 0. The monoisotopic (exact) mass is 251 g/mol. The van der Waals surface area contributed by atoms with Crippen molar-refractivity contribution in [2.24, 2.45) is 0 Å². The average molecular weight is 251 g/mol. The summed E-state index contributed by atoms with van der Waals surface area (Å²) in [6, 6.07) is 12.4. The van der Waals surface area contributed by atoms with Crippen LogP contribution in [0, 0.1) is 0 Å². The van der Waals surface area contributed by atoms with Crippen LogP contribution in [0.25, 0.3) is 16.7 Å². The van der Waals surface area contributed by atoms with E-state index in [4.69, 9.17) is 7.85 Å². The summed E-state index contributed by atoms with van der Waals surface area (Å²) in [6.07, 6.45) is 0. The number of aromatic hydroxyl groups is 1. The van der Waals surface area contributed by atoms with Gasteiger partial charge in [-0.2, -0.15) is 0 Å². The largest absolute Gasteiger partial charge is 0.506 e. The zero-order valence-corrected chi connectivity index (χ0v) is 10.9. The Morgan fingerprint density at radius 1 is 1.00 bits per heavy atom. The van der Waals surface area contributed by atoms with Crippen LogP contribution < -0.4 is 5.46 Å². The Kier molecular flexibility index (Phi) is 3.85. The number of benzene rings is 2. The molecule has 2 aromatic carbocycles. The molecule has 4 nitrogen and oxygen atoms in total. The number of nitrogens with zero attached hydrogens (tertiary/aromatic N) is 3. The molecule has 1 heterocycles. The minimum atomic E-state index is 0.0605. The summed E-state index contributed by atoms with van der Waals surface area (Å²) in [5.74, 6) is 0.0605. The molecule has 0 saturated heterocycles. The van der Waals surface area contributed by atoms with Gasteiger partial charge in [0.05, 0.1) is 0 Å². The van der Waals surface area contributed by atoms with Crippen LogP contribution in [-0.2, 0) is 0 Å². The van der Waals surface area contributed by atoms with Gasteiger partial charge in [0.2, 0.25) is 0 Å². The molecule has 19 heavy (non-hydrogen) atoms. The standard InChI is InChI=1S/C12H8BN3O.C2H6/c13-8-5-6-11(12(17)7-8)16-14-9-3-1-2-4-10(9)15-16;1-2/h1-7,17H;1-2H3. The van der Waals surface area contributed by atoms with E-state index in [0.717, 1.165) is 11.0 Å². The van der Waals surface area contributed by atoms with Crippen molar-refractivity contribution in [3.8, 4) is 11.4 Å². The fraction of sp³-hybridized carbons (Fsp3) is 0.143. The fourth-order valence-corrected chi connectivity index (χ4v) is 1.68. The molecule has 1 N–H and O–H groups in total. The van der Waals surface area contributed by atoms with Gasteiger partial charge < -0.3 is 5.11 Å². The van der Waals surface area contributed by atoms with Crippen molar-refractivity contribution in [1.82, 2.24) is 15.0 Å². The number of hydrogen-bond donors (Lipinski definition) is 1. The first-order chi connectivity index (χ1) is 9.24. The van der Waals surface area contributed by atoms with Gasteiger partial charge in [-0.15, -0.1) is 15.0 Å². The first kappa shape index (κ1) is 13.1. The van der Waals surface area contributed by atoms with Crippen molar-refractivity contribution in [2.75, 3.05) is 0 Å². The number of rotatable bonds is 1. The molecule has 3 aromatic rings. The lowest BCUT2D eigenvalue weighted by molar-refractivity contribution is 0.468. The van der Waals surface area contributed by atoms with Crippen LogP contribution in [0.2, 0.25) is 0 Å². The molecule has 0 fully saturated rings. The quantitative estimate of drug-likeness (QED) is 0.672. The molecule has 5 heteroatoms. The first-order valence-corrected chi connectivity index (χ1v) is 6.15. The average Bonchev–Trinajstić information content (AvgIpc) is 2.84. The summed E-state index contributed by atoms with van der Waals surface area (Å²) in [6.45, 7) is 4.00. The van der Waals surface area contributed by atoms with E-state index < -0.39 is 0 Å². The Hall–Kier alpha value is -2.30. The Morgan fingerprint density at radius 2 is 1.58 bits per heavy atom. The van der Waals surface area contributed by atoms with Crippen LogP contribution in [-0.4, -0.2) is 27.9 Å². The van der Waals surface area contributed by atoms with Crippen molar-refractivity contribution in [3.05, 3.63) is 42.5 Å². The molecule has 94 valence electrons. The van der Waals surface area contributed by atoms with Crippen molar-refractivity contribution < 1.29 is 5.11 Å². The minimum absolute atomic E-state index is 0.0605. The third kappa shape index (κ3) is 2.60. The molecular formula is C14H14BN3O. The predicted molar refractivity (Wildman–Crippen MR) is 77.3 cm³/mol. The highest BCUT2D eigenvalue weighted by Gasteiger charge is 2.07. The normalized spacial score (nSPS) is 10.0.